The molecule has 1 aliphatic heterocycles. The van der Waals surface area contributed by atoms with Crippen molar-refractivity contribution in [1.29, 1.82) is 0 Å². The molecule has 1 saturated heterocycles. The van der Waals surface area contributed by atoms with Crippen molar-refractivity contribution in [2.45, 2.75) is 25.6 Å². The molecule has 1 fully saturated rings. The van der Waals surface area contributed by atoms with Gasteiger partial charge in [-0.3, -0.25) is 0 Å². The molecule has 4 heteroatoms. The Morgan fingerprint density at radius 1 is 1.47 bits per heavy atom. The van der Waals surface area contributed by atoms with Crippen LogP contribution in [-0.4, -0.2) is 25.8 Å². The summed E-state index contributed by atoms with van der Waals surface area (Å²) in [6, 6.07) is 7.58. The predicted molar refractivity (Wildman–Crippen MR) is 61.9 cm³/mol. The number of esters is 1. The van der Waals surface area contributed by atoms with Crippen LogP contribution in [0.25, 0.3) is 0 Å². The van der Waals surface area contributed by atoms with Crippen LogP contribution in [0.4, 0.5) is 0 Å². The molecule has 4 nitrogen and oxygen atoms in total. The van der Waals surface area contributed by atoms with Gasteiger partial charge < -0.3 is 14.2 Å². The molecule has 2 atom stereocenters. The minimum absolute atomic E-state index is 0.348. The SMILES string of the molecule is CCOc1ccccc1C1(C)OC1C(=O)OC. The van der Waals surface area contributed by atoms with E-state index < -0.39 is 11.7 Å². The molecular weight excluding hydrogens is 220 g/mol. The van der Waals surface area contributed by atoms with Gasteiger partial charge in [0, 0.05) is 5.56 Å². The fourth-order valence-electron chi connectivity index (χ4n) is 1.95. The summed E-state index contributed by atoms with van der Waals surface area (Å²) in [4.78, 5) is 11.4. The molecule has 0 radical (unpaired) electrons. The highest BCUT2D eigenvalue weighted by atomic mass is 16.7. The molecule has 0 aliphatic carbocycles. The fourth-order valence-corrected chi connectivity index (χ4v) is 1.95. The van der Waals surface area contributed by atoms with Gasteiger partial charge in [-0.25, -0.2) is 4.79 Å². The number of benzene rings is 1. The zero-order chi connectivity index (χ0) is 12.5. The maximum Gasteiger partial charge on any atom is 0.338 e. The largest absolute Gasteiger partial charge is 0.493 e. The number of carbonyl (C=O) groups is 1. The van der Waals surface area contributed by atoms with E-state index in [0.29, 0.717) is 6.61 Å². The maximum atomic E-state index is 11.4. The van der Waals surface area contributed by atoms with Crippen molar-refractivity contribution in [2.24, 2.45) is 0 Å². The Morgan fingerprint density at radius 2 is 2.18 bits per heavy atom. The summed E-state index contributed by atoms with van der Waals surface area (Å²) >= 11 is 0. The summed E-state index contributed by atoms with van der Waals surface area (Å²) in [5.41, 5.74) is 0.260. The number of para-hydroxylation sites is 1. The van der Waals surface area contributed by atoms with E-state index in [0.717, 1.165) is 11.3 Å². The van der Waals surface area contributed by atoms with E-state index in [2.05, 4.69) is 4.74 Å². The van der Waals surface area contributed by atoms with Crippen molar-refractivity contribution in [3.05, 3.63) is 29.8 Å². The first-order chi connectivity index (χ1) is 8.13. The van der Waals surface area contributed by atoms with Gasteiger partial charge in [0.15, 0.2) is 6.10 Å². The van der Waals surface area contributed by atoms with Crippen LogP contribution in [0, 0.1) is 0 Å². The Bertz CT molecular complexity index is 429. The van der Waals surface area contributed by atoms with Gasteiger partial charge in [0.1, 0.15) is 11.4 Å². The van der Waals surface area contributed by atoms with Gasteiger partial charge in [-0.1, -0.05) is 18.2 Å². The van der Waals surface area contributed by atoms with Gasteiger partial charge in [-0.15, -0.1) is 0 Å². The van der Waals surface area contributed by atoms with Crippen molar-refractivity contribution in [3.8, 4) is 5.75 Å². The van der Waals surface area contributed by atoms with Gasteiger partial charge in [-0.2, -0.15) is 0 Å². The summed E-state index contributed by atoms with van der Waals surface area (Å²) < 4.78 is 15.7. The average molecular weight is 236 g/mol. The topological polar surface area (TPSA) is 48.1 Å². The second-order valence-electron chi connectivity index (χ2n) is 4.06. The summed E-state index contributed by atoms with van der Waals surface area (Å²) in [5.74, 6) is 0.405. The van der Waals surface area contributed by atoms with Crippen LogP contribution >= 0.6 is 0 Å². The molecular formula is C13H16O4. The van der Waals surface area contributed by atoms with E-state index >= 15 is 0 Å². The minimum atomic E-state index is -0.626. The highest BCUT2D eigenvalue weighted by molar-refractivity contribution is 5.80. The molecule has 2 rings (SSSR count). The number of hydrogen-bond acceptors (Lipinski definition) is 4. The molecule has 0 saturated carbocycles. The molecule has 1 aliphatic rings. The minimum Gasteiger partial charge on any atom is -0.493 e. The van der Waals surface area contributed by atoms with E-state index in [1.165, 1.54) is 7.11 Å². The second kappa shape index (κ2) is 4.37. The van der Waals surface area contributed by atoms with Crippen molar-refractivity contribution < 1.29 is 19.0 Å². The lowest BCUT2D eigenvalue weighted by molar-refractivity contribution is -0.142. The summed E-state index contributed by atoms with van der Waals surface area (Å²) in [6.45, 7) is 4.37. The first-order valence-corrected chi connectivity index (χ1v) is 5.61. The lowest BCUT2D eigenvalue weighted by atomic mass is 9.96. The highest BCUT2D eigenvalue weighted by Gasteiger charge is 2.60. The number of methoxy groups -OCH3 is 1. The summed E-state index contributed by atoms with van der Waals surface area (Å²) in [6.07, 6.45) is -0.533. The quantitative estimate of drug-likeness (QED) is 0.591. The average Bonchev–Trinajstić information content (AvgIpc) is 3.03. The molecule has 0 bridgehead atoms. The summed E-state index contributed by atoms with van der Waals surface area (Å²) in [5, 5.41) is 0. The Hall–Kier alpha value is -1.55. The first-order valence-electron chi connectivity index (χ1n) is 5.61. The van der Waals surface area contributed by atoms with Crippen molar-refractivity contribution in [1.82, 2.24) is 0 Å². The van der Waals surface area contributed by atoms with Crippen LogP contribution in [-0.2, 0) is 19.9 Å². The third kappa shape index (κ3) is 2.00. The molecule has 0 aromatic heterocycles. The van der Waals surface area contributed by atoms with Gasteiger partial charge in [0.2, 0.25) is 0 Å². The van der Waals surface area contributed by atoms with Crippen LogP contribution in [0.15, 0.2) is 24.3 Å². The molecule has 0 amide bonds. The third-order valence-corrected chi connectivity index (χ3v) is 2.94. The van der Waals surface area contributed by atoms with Crippen LogP contribution < -0.4 is 4.74 Å². The number of epoxide rings is 1. The number of rotatable bonds is 4. The molecule has 2 unspecified atom stereocenters. The zero-order valence-corrected chi connectivity index (χ0v) is 10.2. The Morgan fingerprint density at radius 3 is 2.82 bits per heavy atom. The van der Waals surface area contributed by atoms with Gasteiger partial charge in [0.25, 0.3) is 0 Å². The van der Waals surface area contributed by atoms with E-state index in [9.17, 15) is 4.79 Å². The van der Waals surface area contributed by atoms with Crippen molar-refractivity contribution in [3.63, 3.8) is 0 Å². The van der Waals surface area contributed by atoms with E-state index in [-0.39, 0.29) is 5.97 Å². The molecule has 92 valence electrons. The van der Waals surface area contributed by atoms with Crippen molar-refractivity contribution in [2.75, 3.05) is 13.7 Å². The first kappa shape index (κ1) is 11.9. The standard InChI is InChI=1S/C13H16O4/c1-4-16-10-8-6-5-7-9(10)13(2)11(17-13)12(14)15-3/h5-8,11H,4H2,1-3H3. The zero-order valence-electron chi connectivity index (χ0n) is 10.2. The number of ether oxygens (including phenoxy) is 3. The van der Waals surface area contributed by atoms with Crippen molar-refractivity contribution >= 4 is 5.97 Å². The molecule has 1 aromatic rings. The predicted octanol–water partition coefficient (Wildman–Crippen LogP) is 1.87. The highest BCUT2D eigenvalue weighted by Crippen LogP contribution is 2.49. The Kier molecular flexibility index (Phi) is 3.07. The molecule has 1 heterocycles. The number of hydrogen-bond donors (Lipinski definition) is 0. The van der Waals surface area contributed by atoms with Gasteiger partial charge in [0.05, 0.1) is 13.7 Å². The number of carbonyl (C=O) groups excluding carboxylic acids is 1. The molecule has 0 N–H and O–H groups in total. The smallest absolute Gasteiger partial charge is 0.338 e. The Labute approximate surface area is 100 Å². The van der Waals surface area contributed by atoms with Gasteiger partial charge in [-0.05, 0) is 19.9 Å². The van der Waals surface area contributed by atoms with E-state index in [1.807, 2.05) is 38.1 Å². The molecule has 17 heavy (non-hydrogen) atoms. The maximum absolute atomic E-state index is 11.4. The molecule has 1 aromatic carbocycles. The van der Waals surface area contributed by atoms with Crippen LogP contribution in [0.2, 0.25) is 0 Å². The lowest BCUT2D eigenvalue weighted by Crippen LogP contribution is -2.18. The van der Waals surface area contributed by atoms with Crippen LogP contribution in [0.3, 0.4) is 0 Å². The fraction of sp³-hybridized carbons (Fsp3) is 0.462. The summed E-state index contributed by atoms with van der Waals surface area (Å²) in [7, 11) is 1.36. The second-order valence-corrected chi connectivity index (χ2v) is 4.06. The van der Waals surface area contributed by atoms with Crippen LogP contribution in [0.5, 0.6) is 5.75 Å². The van der Waals surface area contributed by atoms with E-state index in [4.69, 9.17) is 9.47 Å². The lowest BCUT2D eigenvalue weighted by Gasteiger charge is -2.13. The normalized spacial score (nSPS) is 26.4. The Balaban J connectivity index is 2.27. The van der Waals surface area contributed by atoms with Crippen LogP contribution in [0.1, 0.15) is 19.4 Å². The third-order valence-electron chi connectivity index (χ3n) is 2.94. The van der Waals surface area contributed by atoms with E-state index in [1.54, 1.807) is 0 Å². The molecule has 0 spiro atoms. The van der Waals surface area contributed by atoms with Gasteiger partial charge >= 0.3 is 5.97 Å². The monoisotopic (exact) mass is 236 g/mol.